The van der Waals surface area contributed by atoms with Gasteiger partial charge in [0.05, 0.1) is 21.9 Å². The Kier molecular flexibility index (Phi) is 9.36. The molecule has 1 aliphatic heterocycles. The number of allylic oxidation sites excluding steroid dienone is 3. The van der Waals surface area contributed by atoms with Gasteiger partial charge in [-0.3, -0.25) is 0 Å². The summed E-state index contributed by atoms with van der Waals surface area (Å²) in [6.07, 6.45) is 6.37. The Morgan fingerprint density at radius 2 is 1.33 bits per heavy atom. The third kappa shape index (κ3) is 6.14. The van der Waals surface area contributed by atoms with Gasteiger partial charge in [0, 0.05) is 27.7 Å². The molecule has 8 rings (SSSR count). The molecule has 0 bridgehead atoms. The molecule has 0 saturated carbocycles. The smallest absolute Gasteiger partial charge is 0.0848 e. The van der Waals surface area contributed by atoms with Crippen molar-refractivity contribution in [2.45, 2.75) is 26.7 Å². The lowest BCUT2D eigenvalue weighted by atomic mass is 9.97. The largest absolute Gasteiger partial charge is 0.309 e. The molecule has 49 heavy (non-hydrogen) atoms. The minimum absolute atomic E-state index is 0.846. The number of nitrogens with zero attached hydrogens (tertiary/aromatic N) is 2. The predicted octanol–water partition coefficient (Wildman–Crippen LogP) is 13.7. The zero-order valence-electron chi connectivity index (χ0n) is 28.1. The van der Waals surface area contributed by atoms with Gasteiger partial charge in [-0.1, -0.05) is 148 Å². The summed E-state index contributed by atoms with van der Waals surface area (Å²) in [5, 5.41) is 9.36. The molecule has 2 nitrogen and oxygen atoms in total. The van der Waals surface area contributed by atoms with Crippen molar-refractivity contribution in [3.05, 3.63) is 186 Å². The zero-order chi connectivity index (χ0) is 33.7. The second kappa shape index (κ2) is 14.3. The number of rotatable bonds is 4. The standard InChI is InChI=1S/C44H34N2S.C2H6/c1-31-15-12-13-28-47-43(30-40-39-23-10-11-24-42(39)46(44(40)32(31)2)36-20-4-3-5-21-36)45(37-27-26-33-16-6-7-18-35(33)29-37)41-25-14-19-34-17-8-9-22-38(34)41;1-2/h3-11,13-14,16-30H,1-2,12,15H2;1-2H3/b28-13-,43-30-;. The average Bonchev–Trinajstić information content (AvgIpc) is 3.48. The van der Waals surface area contributed by atoms with Gasteiger partial charge in [0.25, 0.3) is 0 Å². The van der Waals surface area contributed by atoms with Crippen molar-refractivity contribution in [2.24, 2.45) is 0 Å². The molecule has 0 saturated heterocycles. The van der Waals surface area contributed by atoms with E-state index in [2.05, 4.69) is 180 Å². The van der Waals surface area contributed by atoms with Gasteiger partial charge >= 0.3 is 0 Å². The number of benzene rings is 6. The van der Waals surface area contributed by atoms with E-state index in [9.17, 15) is 0 Å². The van der Waals surface area contributed by atoms with Gasteiger partial charge in [-0.05, 0) is 88.0 Å². The second-order valence-electron chi connectivity index (χ2n) is 11.9. The SMILES string of the molecule is C=C1CC/C=C\S/C(N(c2ccc3ccccc3c2)c2cccc3ccccc23)=C\c2c(n(-c3ccccc3)c3ccccc23)C1=C.CC. The van der Waals surface area contributed by atoms with Gasteiger partial charge in [-0.15, -0.1) is 0 Å². The van der Waals surface area contributed by atoms with Gasteiger partial charge in [0.15, 0.2) is 0 Å². The van der Waals surface area contributed by atoms with Crippen LogP contribution in [0.5, 0.6) is 0 Å². The highest BCUT2D eigenvalue weighted by atomic mass is 32.2. The molecule has 1 aliphatic rings. The molecule has 3 heteroatoms. The van der Waals surface area contributed by atoms with Crippen molar-refractivity contribution in [1.82, 2.24) is 4.57 Å². The lowest BCUT2D eigenvalue weighted by molar-refractivity contribution is 1.01. The number of anilines is 2. The fraction of sp³-hybridized carbons (Fsp3) is 0.0870. The fourth-order valence-corrected chi connectivity index (χ4v) is 7.56. The number of thioether (sulfide) groups is 1. The van der Waals surface area contributed by atoms with Gasteiger partial charge in [0.1, 0.15) is 0 Å². The molecular formula is C46H40N2S. The third-order valence-corrected chi connectivity index (χ3v) is 9.90. The van der Waals surface area contributed by atoms with Gasteiger partial charge in [-0.2, -0.15) is 0 Å². The minimum atomic E-state index is 0.846. The first-order chi connectivity index (χ1) is 24.2. The summed E-state index contributed by atoms with van der Waals surface area (Å²) in [6, 6.07) is 49.9. The molecule has 0 N–H and O–H groups in total. The van der Waals surface area contributed by atoms with Crippen molar-refractivity contribution in [3.8, 4) is 5.69 Å². The van der Waals surface area contributed by atoms with Crippen LogP contribution in [0.25, 0.3) is 49.8 Å². The maximum atomic E-state index is 4.69. The van der Waals surface area contributed by atoms with Crippen LogP contribution in [-0.4, -0.2) is 4.57 Å². The Morgan fingerprint density at radius 1 is 0.653 bits per heavy atom. The lowest BCUT2D eigenvalue weighted by Crippen LogP contribution is -2.15. The fourth-order valence-electron chi connectivity index (χ4n) is 6.69. The van der Waals surface area contributed by atoms with Crippen molar-refractivity contribution in [2.75, 3.05) is 4.90 Å². The van der Waals surface area contributed by atoms with Crippen LogP contribution in [0.2, 0.25) is 0 Å². The van der Waals surface area contributed by atoms with Gasteiger partial charge < -0.3 is 9.47 Å². The van der Waals surface area contributed by atoms with Crippen LogP contribution in [0.15, 0.2) is 175 Å². The molecule has 0 unspecified atom stereocenters. The Balaban J connectivity index is 0.00000186. The molecule has 2 heterocycles. The van der Waals surface area contributed by atoms with Crippen molar-refractivity contribution < 1.29 is 0 Å². The molecule has 7 aromatic rings. The summed E-state index contributed by atoms with van der Waals surface area (Å²) < 4.78 is 2.36. The maximum absolute atomic E-state index is 4.69. The highest BCUT2D eigenvalue weighted by Gasteiger charge is 2.24. The van der Waals surface area contributed by atoms with Crippen LogP contribution in [0, 0.1) is 0 Å². The van der Waals surface area contributed by atoms with Crippen LogP contribution in [-0.2, 0) is 0 Å². The summed E-state index contributed by atoms with van der Waals surface area (Å²) in [7, 11) is 0. The molecule has 0 aliphatic carbocycles. The summed E-state index contributed by atoms with van der Waals surface area (Å²) in [5.41, 5.74) is 8.74. The maximum Gasteiger partial charge on any atom is 0.0848 e. The first-order valence-corrected chi connectivity index (χ1v) is 17.9. The van der Waals surface area contributed by atoms with Gasteiger partial charge in [0.2, 0.25) is 0 Å². The number of hydrogen-bond donors (Lipinski definition) is 0. The van der Waals surface area contributed by atoms with E-state index in [0.717, 1.165) is 62.9 Å². The summed E-state index contributed by atoms with van der Waals surface area (Å²) in [4.78, 5) is 2.43. The van der Waals surface area contributed by atoms with E-state index in [0.29, 0.717) is 0 Å². The van der Waals surface area contributed by atoms with E-state index in [4.69, 9.17) is 0 Å². The average molecular weight is 653 g/mol. The van der Waals surface area contributed by atoms with E-state index in [-0.39, 0.29) is 0 Å². The van der Waals surface area contributed by atoms with Crippen LogP contribution in [0.1, 0.15) is 37.9 Å². The Labute approximate surface area is 294 Å². The quantitative estimate of drug-likeness (QED) is 0.187. The number of aromatic nitrogens is 1. The first kappa shape index (κ1) is 32.1. The summed E-state index contributed by atoms with van der Waals surface area (Å²) >= 11 is 1.76. The second-order valence-corrected chi connectivity index (χ2v) is 12.8. The van der Waals surface area contributed by atoms with Crippen LogP contribution >= 0.6 is 11.8 Å². The van der Waals surface area contributed by atoms with Gasteiger partial charge in [-0.25, -0.2) is 0 Å². The molecule has 0 spiro atoms. The van der Waals surface area contributed by atoms with Crippen LogP contribution in [0.3, 0.4) is 0 Å². The Hall–Kier alpha value is -5.51. The van der Waals surface area contributed by atoms with Crippen molar-refractivity contribution in [3.63, 3.8) is 0 Å². The first-order valence-electron chi connectivity index (χ1n) is 17.0. The minimum Gasteiger partial charge on any atom is -0.309 e. The predicted molar refractivity (Wildman–Crippen MR) is 217 cm³/mol. The Morgan fingerprint density at radius 3 is 2.14 bits per heavy atom. The topological polar surface area (TPSA) is 8.17 Å². The molecule has 0 fully saturated rings. The normalized spacial score (nSPS) is 15.1. The van der Waals surface area contributed by atoms with E-state index in [1.165, 1.54) is 26.9 Å². The zero-order valence-corrected chi connectivity index (χ0v) is 29.0. The summed E-state index contributed by atoms with van der Waals surface area (Å²) in [6.45, 7) is 13.2. The number of para-hydroxylation sites is 2. The highest BCUT2D eigenvalue weighted by molar-refractivity contribution is 8.06. The molecule has 0 radical (unpaired) electrons. The van der Waals surface area contributed by atoms with Crippen molar-refractivity contribution in [1.29, 1.82) is 0 Å². The summed E-state index contributed by atoms with van der Waals surface area (Å²) in [5.74, 6) is 0. The highest BCUT2D eigenvalue weighted by Crippen LogP contribution is 2.44. The third-order valence-electron chi connectivity index (χ3n) is 9.03. The molecule has 1 aromatic heterocycles. The molecule has 6 aromatic carbocycles. The lowest BCUT2D eigenvalue weighted by Gasteiger charge is -2.29. The van der Waals surface area contributed by atoms with E-state index in [1.807, 2.05) is 13.8 Å². The molecule has 0 amide bonds. The molecule has 0 atom stereocenters. The van der Waals surface area contributed by atoms with E-state index < -0.39 is 0 Å². The van der Waals surface area contributed by atoms with Crippen LogP contribution < -0.4 is 4.90 Å². The van der Waals surface area contributed by atoms with E-state index in [1.54, 1.807) is 11.8 Å². The van der Waals surface area contributed by atoms with Crippen LogP contribution in [0.4, 0.5) is 11.4 Å². The molecule has 240 valence electrons. The van der Waals surface area contributed by atoms with Crippen molar-refractivity contribution >= 4 is 67.2 Å². The molecular weight excluding hydrogens is 613 g/mol. The Bertz CT molecular complexity index is 2370. The number of hydrogen-bond acceptors (Lipinski definition) is 2. The number of fused-ring (bicyclic) bond motifs is 5. The van der Waals surface area contributed by atoms with E-state index >= 15 is 0 Å². The monoisotopic (exact) mass is 652 g/mol.